The highest BCUT2D eigenvalue weighted by Gasteiger charge is 2.32. The van der Waals surface area contributed by atoms with Gasteiger partial charge in [-0.3, -0.25) is 9.59 Å². The van der Waals surface area contributed by atoms with Crippen molar-refractivity contribution in [3.63, 3.8) is 0 Å². The van der Waals surface area contributed by atoms with E-state index in [4.69, 9.17) is 19.8 Å². The molecule has 0 spiro atoms. The van der Waals surface area contributed by atoms with Gasteiger partial charge in [-0.1, -0.05) is 68.2 Å². The van der Waals surface area contributed by atoms with Gasteiger partial charge in [-0.05, 0) is 61.7 Å². The highest BCUT2D eigenvalue weighted by Crippen LogP contribution is 2.20. The summed E-state index contributed by atoms with van der Waals surface area (Å²) in [6.45, 7) is 19.6. The molecule has 1 fully saturated rings. The van der Waals surface area contributed by atoms with Gasteiger partial charge in [-0.15, -0.1) is 5.06 Å². The van der Waals surface area contributed by atoms with Crippen molar-refractivity contribution in [2.24, 2.45) is 29.6 Å². The molecular weight excluding hydrogens is 486 g/mol. The van der Waals surface area contributed by atoms with E-state index >= 15 is 0 Å². The second-order valence-electron chi connectivity index (χ2n) is 11.7. The summed E-state index contributed by atoms with van der Waals surface area (Å²) in [6.07, 6.45) is 7.10. The number of amides is 2. The monoisotopic (exact) mass is 545 g/mol. The SMILES string of the molecule is CC(C)CC(COCCCCCCC(=O)ON1C(=O)CCC1=O)C(C)C.CC(C)CCO.CC(C)CCO. The van der Waals surface area contributed by atoms with E-state index in [1.807, 2.05) is 0 Å². The van der Waals surface area contributed by atoms with E-state index in [0.29, 0.717) is 54.3 Å². The largest absolute Gasteiger partial charge is 0.396 e. The maximum absolute atomic E-state index is 11.7. The number of carbonyl (C=O) groups is 3. The Bertz CT molecular complexity index is 579. The Balaban J connectivity index is 0. The Morgan fingerprint density at radius 3 is 1.68 bits per heavy atom. The van der Waals surface area contributed by atoms with Crippen molar-refractivity contribution in [3.8, 4) is 0 Å². The first-order valence-electron chi connectivity index (χ1n) is 14.7. The van der Waals surface area contributed by atoms with Crippen LogP contribution in [0.15, 0.2) is 0 Å². The normalized spacial score (nSPS) is 14.1. The molecule has 1 aliphatic rings. The minimum Gasteiger partial charge on any atom is -0.396 e. The molecule has 8 heteroatoms. The molecule has 0 aromatic heterocycles. The minimum absolute atomic E-state index is 0.126. The number of rotatable bonds is 17. The third-order valence-corrected chi connectivity index (χ3v) is 6.08. The van der Waals surface area contributed by atoms with Crippen molar-refractivity contribution in [2.45, 2.75) is 120 Å². The summed E-state index contributed by atoms with van der Waals surface area (Å²) in [5.41, 5.74) is 0. The van der Waals surface area contributed by atoms with Gasteiger partial charge in [0.2, 0.25) is 0 Å². The second kappa shape index (κ2) is 24.5. The highest BCUT2D eigenvalue weighted by molar-refractivity contribution is 6.01. The van der Waals surface area contributed by atoms with Gasteiger partial charge >= 0.3 is 5.97 Å². The number of carbonyl (C=O) groups excluding carboxylic acids is 3. The first-order valence-corrected chi connectivity index (χ1v) is 14.7. The predicted molar refractivity (Wildman–Crippen MR) is 152 cm³/mol. The number of aliphatic hydroxyl groups excluding tert-OH is 2. The summed E-state index contributed by atoms with van der Waals surface area (Å²) >= 11 is 0. The van der Waals surface area contributed by atoms with Gasteiger partial charge in [0.25, 0.3) is 11.8 Å². The van der Waals surface area contributed by atoms with Crippen LogP contribution in [-0.2, 0) is 24.0 Å². The van der Waals surface area contributed by atoms with E-state index in [0.717, 1.165) is 45.3 Å². The molecule has 0 aromatic rings. The number of hydrogen-bond acceptors (Lipinski definition) is 7. The topological polar surface area (TPSA) is 113 Å². The second-order valence-corrected chi connectivity index (χ2v) is 11.7. The summed E-state index contributed by atoms with van der Waals surface area (Å²) < 4.78 is 5.82. The van der Waals surface area contributed by atoms with Crippen molar-refractivity contribution < 1.29 is 34.2 Å². The Kier molecular flexibility index (Phi) is 24.9. The average molecular weight is 546 g/mol. The lowest BCUT2D eigenvalue weighted by molar-refractivity contribution is -0.197. The molecule has 0 saturated carbocycles. The maximum Gasteiger partial charge on any atom is 0.333 e. The van der Waals surface area contributed by atoms with Gasteiger partial charge < -0.3 is 19.8 Å². The van der Waals surface area contributed by atoms with Crippen LogP contribution in [0, 0.1) is 29.6 Å². The van der Waals surface area contributed by atoms with Gasteiger partial charge in [0, 0.05) is 45.7 Å². The molecule has 2 N–H and O–H groups in total. The number of imide groups is 1. The molecule has 1 heterocycles. The maximum atomic E-state index is 11.7. The van der Waals surface area contributed by atoms with E-state index < -0.39 is 17.8 Å². The summed E-state index contributed by atoms with van der Waals surface area (Å²) in [5.74, 6) is 1.86. The van der Waals surface area contributed by atoms with E-state index in [2.05, 4.69) is 55.4 Å². The summed E-state index contributed by atoms with van der Waals surface area (Å²) in [4.78, 5) is 39.2. The lowest BCUT2D eigenvalue weighted by Gasteiger charge is -2.22. The molecule has 0 radical (unpaired) electrons. The van der Waals surface area contributed by atoms with Crippen LogP contribution in [0.25, 0.3) is 0 Å². The Hall–Kier alpha value is -1.51. The van der Waals surface area contributed by atoms with Gasteiger partial charge in [0.05, 0.1) is 0 Å². The Morgan fingerprint density at radius 1 is 0.789 bits per heavy atom. The molecule has 1 rings (SSSR count). The number of nitrogens with zero attached hydrogens (tertiary/aromatic N) is 1. The molecule has 1 aliphatic heterocycles. The molecule has 2 amide bonds. The van der Waals surface area contributed by atoms with Crippen LogP contribution < -0.4 is 0 Å². The fraction of sp³-hybridized carbons (Fsp3) is 0.900. The summed E-state index contributed by atoms with van der Waals surface area (Å²) in [5, 5.41) is 17.1. The van der Waals surface area contributed by atoms with Gasteiger partial charge in [0.1, 0.15) is 0 Å². The van der Waals surface area contributed by atoms with E-state index in [9.17, 15) is 14.4 Å². The van der Waals surface area contributed by atoms with Crippen molar-refractivity contribution in [1.29, 1.82) is 0 Å². The van der Waals surface area contributed by atoms with Crippen molar-refractivity contribution in [3.05, 3.63) is 0 Å². The van der Waals surface area contributed by atoms with Crippen LogP contribution >= 0.6 is 0 Å². The molecule has 1 unspecified atom stereocenters. The Labute approximate surface area is 232 Å². The van der Waals surface area contributed by atoms with Gasteiger partial charge in [0.15, 0.2) is 0 Å². The summed E-state index contributed by atoms with van der Waals surface area (Å²) in [7, 11) is 0. The van der Waals surface area contributed by atoms with Crippen molar-refractivity contribution in [2.75, 3.05) is 26.4 Å². The number of hydrogen-bond donors (Lipinski definition) is 2. The molecule has 38 heavy (non-hydrogen) atoms. The zero-order valence-corrected chi connectivity index (χ0v) is 25.7. The fourth-order valence-electron chi connectivity index (χ4n) is 3.52. The lowest BCUT2D eigenvalue weighted by atomic mass is 9.88. The van der Waals surface area contributed by atoms with Crippen molar-refractivity contribution in [1.82, 2.24) is 5.06 Å². The standard InChI is InChI=1S/C20H35NO5.2C5H12O/c1-15(2)13-17(16(3)4)14-25-12-8-6-5-7-9-20(24)26-21-18(22)10-11-19(21)23;2*1-5(2)3-4-6/h15-17H,5-14H2,1-4H3;2*5-6H,3-4H2,1-2H3. The molecule has 0 aliphatic carbocycles. The fourth-order valence-corrected chi connectivity index (χ4v) is 3.52. The highest BCUT2D eigenvalue weighted by atomic mass is 16.7. The van der Waals surface area contributed by atoms with Gasteiger partial charge in [-0.2, -0.15) is 0 Å². The Morgan fingerprint density at radius 2 is 1.29 bits per heavy atom. The first kappa shape index (κ1) is 38.6. The third kappa shape index (κ3) is 23.6. The molecule has 0 bridgehead atoms. The zero-order chi connectivity index (χ0) is 29.5. The quantitative estimate of drug-likeness (QED) is 0.172. The predicted octanol–water partition coefficient (Wildman–Crippen LogP) is 5.93. The average Bonchev–Trinajstić information content (AvgIpc) is 3.12. The molecule has 0 aromatic carbocycles. The first-order chi connectivity index (χ1) is 17.8. The van der Waals surface area contributed by atoms with Crippen LogP contribution in [0.3, 0.4) is 0 Å². The smallest absolute Gasteiger partial charge is 0.333 e. The van der Waals surface area contributed by atoms with E-state index in [1.165, 1.54) is 6.42 Å². The van der Waals surface area contributed by atoms with Crippen LogP contribution in [0.1, 0.15) is 120 Å². The number of aliphatic hydroxyl groups is 2. The van der Waals surface area contributed by atoms with Crippen LogP contribution in [-0.4, -0.2) is 59.5 Å². The zero-order valence-electron chi connectivity index (χ0n) is 25.7. The van der Waals surface area contributed by atoms with Crippen molar-refractivity contribution >= 4 is 17.8 Å². The van der Waals surface area contributed by atoms with Crippen LogP contribution in [0.2, 0.25) is 0 Å². The molecular formula is C30H59NO7. The third-order valence-electron chi connectivity index (χ3n) is 6.08. The number of unbranched alkanes of at least 4 members (excludes halogenated alkanes) is 3. The van der Waals surface area contributed by atoms with E-state index in [1.54, 1.807) is 0 Å². The van der Waals surface area contributed by atoms with Crippen LogP contribution in [0.5, 0.6) is 0 Å². The van der Waals surface area contributed by atoms with E-state index in [-0.39, 0.29) is 19.3 Å². The minimum atomic E-state index is -0.515. The molecule has 1 atom stereocenters. The van der Waals surface area contributed by atoms with Crippen LogP contribution in [0.4, 0.5) is 0 Å². The van der Waals surface area contributed by atoms with Gasteiger partial charge in [-0.25, -0.2) is 4.79 Å². The molecule has 8 nitrogen and oxygen atoms in total. The number of ether oxygens (including phenoxy) is 1. The number of hydroxylamine groups is 2. The lowest BCUT2D eigenvalue weighted by Crippen LogP contribution is -2.31. The molecule has 226 valence electrons. The molecule has 1 saturated heterocycles. The summed E-state index contributed by atoms with van der Waals surface area (Å²) in [6, 6.07) is 0.